The number of carbonyl (C=O) groups excluding carboxylic acids is 2. The summed E-state index contributed by atoms with van der Waals surface area (Å²) in [4.78, 5) is 27.6. The third-order valence-corrected chi connectivity index (χ3v) is 4.28. The molecule has 1 aromatic carbocycles. The molecule has 1 aliphatic heterocycles. The van der Waals surface area contributed by atoms with Crippen molar-refractivity contribution in [2.24, 2.45) is 0 Å². The largest absolute Gasteiger partial charge is 0.493 e. The molecule has 0 radical (unpaired) electrons. The van der Waals surface area contributed by atoms with E-state index in [1.54, 1.807) is 14.2 Å². The topological polar surface area (TPSA) is 83.1 Å². The molecule has 8 nitrogen and oxygen atoms in total. The molecule has 1 saturated heterocycles. The van der Waals surface area contributed by atoms with Crippen LogP contribution in [-0.2, 0) is 11.3 Å². The van der Waals surface area contributed by atoms with Gasteiger partial charge in [-0.15, -0.1) is 0 Å². The van der Waals surface area contributed by atoms with Crippen molar-refractivity contribution in [3.8, 4) is 11.5 Å². The van der Waals surface area contributed by atoms with Gasteiger partial charge in [0.2, 0.25) is 5.91 Å². The van der Waals surface area contributed by atoms with Gasteiger partial charge in [-0.1, -0.05) is 6.07 Å². The SMILES string of the molecule is CCNC(=O)NC(=O)CN1CCN(Cc2ccc(OC)c(OC)c2)CC1. The first-order chi connectivity index (χ1) is 12.5. The van der Waals surface area contributed by atoms with Gasteiger partial charge in [0.25, 0.3) is 0 Å². The summed E-state index contributed by atoms with van der Waals surface area (Å²) in [5, 5.41) is 4.88. The summed E-state index contributed by atoms with van der Waals surface area (Å²) in [6, 6.07) is 5.50. The zero-order valence-corrected chi connectivity index (χ0v) is 15.7. The number of benzene rings is 1. The van der Waals surface area contributed by atoms with Crippen molar-refractivity contribution in [3.05, 3.63) is 23.8 Å². The minimum atomic E-state index is -0.440. The van der Waals surface area contributed by atoms with Crippen LogP contribution in [0.25, 0.3) is 0 Å². The number of piperazine rings is 1. The Morgan fingerprint density at radius 3 is 2.31 bits per heavy atom. The van der Waals surface area contributed by atoms with Crippen LogP contribution in [-0.4, -0.2) is 75.2 Å². The number of methoxy groups -OCH3 is 2. The Labute approximate surface area is 154 Å². The fraction of sp³-hybridized carbons (Fsp3) is 0.556. The average Bonchev–Trinajstić information content (AvgIpc) is 2.63. The van der Waals surface area contributed by atoms with E-state index in [0.717, 1.165) is 49.8 Å². The highest BCUT2D eigenvalue weighted by Gasteiger charge is 2.20. The summed E-state index contributed by atoms with van der Waals surface area (Å²) < 4.78 is 10.6. The number of hydrogen-bond acceptors (Lipinski definition) is 6. The van der Waals surface area contributed by atoms with E-state index < -0.39 is 6.03 Å². The average molecular weight is 364 g/mol. The molecule has 1 fully saturated rings. The van der Waals surface area contributed by atoms with E-state index in [4.69, 9.17) is 9.47 Å². The number of nitrogens with one attached hydrogen (secondary N) is 2. The number of rotatable bonds is 7. The summed E-state index contributed by atoms with van der Waals surface area (Å²) in [5.74, 6) is 1.18. The maximum Gasteiger partial charge on any atom is 0.321 e. The smallest absolute Gasteiger partial charge is 0.321 e. The van der Waals surface area contributed by atoms with Crippen LogP contribution in [0.3, 0.4) is 0 Å². The third kappa shape index (κ3) is 5.89. The molecule has 0 bridgehead atoms. The highest BCUT2D eigenvalue weighted by atomic mass is 16.5. The van der Waals surface area contributed by atoms with Crippen molar-refractivity contribution in [3.63, 3.8) is 0 Å². The van der Waals surface area contributed by atoms with Gasteiger partial charge in [0, 0.05) is 39.3 Å². The highest BCUT2D eigenvalue weighted by Crippen LogP contribution is 2.28. The number of nitrogens with zero attached hydrogens (tertiary/aromatic N) is 2. The van der Waals surface area contributed by atoms with Crippen LogP contribution >= 0.6 is 0 Å². The van der Waals surface area contributed by atoms with E-state index in [2.05, 4.69) is 20.4 Å². The van der Waals surface area contributed by atoms with Crippen LogP contribution in [0.1, 0.15) is 12.5 Å². The molecule has 2 rings (SSSR count). The second-order valence-corrected chi connectivity index (χ2v) is 6.15. The summed E-state index contributed by atoms with van der Waals surface area (Å²) in [5.41, 5.74) is 1.16. The predicted molar refractivity (Wildman–Crippen MR) is 98.5 cm³/mol. The molecule has 1 heterocycles. The number of ether oxygens (including phenoxy) is 2. The summed E-state index contributed by atoms with van der Waals surface area (Å²) >= 11 is 0. The van der Waals surface area contributed by atoms with Crippen LogP contribution in [0.15, 0.2) is 18.2 Å². The lowest BCUT2D eigenvalue weighted by Gasteiger charge is -2.34. The Kier molecular flexibility index (Phi) is 7.68. The second-order valence-electron chi connectivity index (χ2n) is 6.15. The molecule has 1 aliphatic rings. The molecule has 0 aliphatic carbocycles. The van der Waals surface area contributed by atoms with Crippen molar-refractivity contribution >= 4 is 11.9 Å². The molecule has 2 N–H and O–H groups in total. The number of imide groups is 1. The molecule has 0 aromatic heterocycles. The normalized spacial score (nSPS) is 15.3. The maximum atomic E-state index is 11.8. The summed E-state index contributed by atoms with van der Waals surface area (Å²) in [6.45, 7) is 6.66. The molecular weight excluding hydrogens is 336 g/mol. The van der Waals surface area contributed by atoms with Gasteiger partial charge in [-0.25, -0.2) is 4.79 Å². The van der Waals surface area contributed by atoms with Crippen LogP contribution in [0, 0.1) is 0 Å². The molecule has 26 heavy (non-hydrogen) atoms. The van der Waals surface area contributed by atoms with E-state index in [1.807, 2.05) is 25.1 Å². The first-order valence-electron chi connectivity index (χ1n) is 8.79. The van der Waals surface area contributed by atoms with Crippen molar-refractivity contribution in [1.82, 2.24) is 20.4 Å². The maximum absolute atomic E-state index is 11.8. The summed E-state index contributed by atoms with van der Waals surface area (Å²) in [6.07, 6.45) is 0. The second kappa shape index (κ2) is 9.98. The molecular formula is C18H28N4O4. The van der Waals surface area contributed by atoms with Crippen LogP contribution < -0.4 is 20.1 Å². The van der Waals surface area contributed by atoms with Gasteiger partial charge < -0.3 is 14.8 Å². The minimum absolute atomic E-state index is 0.237. The van der Waals surface area contributed by atoms with Gasteiger partial charge in [0.1, 0.15) is 0 Å². The third-order valence-electron chi connectivity index (χ3n) is 4.28. The number of hydrogen-bond donors (Lipinski definition) is 2. The molecule has 3 amide bonds. The van der Waals surface area contributed by atoms with Crippen LogP contribution in [0.4, 0.5) is 4.79 Å². The number of amides is 3. The Bertz CT molecular complexity index is 615. The first kappa shape index (κ1) is 20.0. The quantitative estimate of drug-likeness (QED) is 0.740. The van der Waals surface area contributed by atoms with Crippen LogP contribution in [0.5, 0.6) is 11.5 Å². The van der Waals surface area contributed by atoms with E-state index >= 15 is 0 Å². The van der Waals surface area contributed by atoms with E-state index in [0.29, 0.717) is 6.54 Å². The highest BCUT2D eigenvalue weighted by molar-refractivity contribution is 5.95. The van der Waals surface area contributed by atoms with Crippen molar-refractivity contribution in [1.29, 1.82) is 0 Å². The molecule has 8 heteroatoms. The molecule has 0 atom stereocenters. The Balaban J connectivity index is 1.78. The Morgan fingerprint density at radius 2 is 1.69 bits per heavy atom. The molecule has 0 spiro atoms. The standard InChI is InChI=1S/C18H28N4O4/c1-4-19-18(24)20-17(23)13-22-9-7-21(8-10-22)12-14-5-6-15(25-2)16(11-14)26-3/h5-6,11H,4,7-10,12-13H2,1-3H3,(H2,19,20,23,24). The molecule has 0 saturated carbocycles. The van der Waals surface area contributed by atoms with Gasteiger partial charge in [0.15, 0.2) is 11.5 Å². The minimum Gasteiger partial charge on any atom is -0.493 e. The molecule has 1 aromatic rings. The van der Waals surface area contributed by atoms with Crippen molar-refractivity contribution < 1.29 is 19.1 Å². The lowest BCUT2D eigenvalue weighted by Crippen LogP contribution is -2.50. The first-order valence-corrected chi connectivity index (χ1v) is 8.79. The Morgan fingerprint density at radius 1 is 1.04 bits per heavy atom. The monoisotopic (exact) mass is 364 g/mol. The van der Waals surface area contributed by atoms with Gasteiger partial charge in [0.05, 0.1) is 20.8 Å². The van der Waals surface area contributed by atoms with E-state index in [-0.39, 0.29) is 12.5 Å². The van der Waals surface area contributed by atoms with Gasteiger partial charge in [-0.3, -0.25) is 19.9 Å². The fourth-order valence-corrected chi connectivity index (χ4v) is 2.92. The summed E-state index contributed by atoms with van der Waals surface area (Å²) in [7, 11) is 3.25. The number of carbonyl (C=O) groups is 2. The van der Waals surface area contributed by atoms with Gasteiger partial charge in [-0.05, 0) is 24.6 Å². The van der Waals surface area contributed by atoms with E-state index in [1.165, 1.54) is 0 Å². The lowest BCUT2D eigenvalue weighted by atomic mass is 10.1. The molecule has 0 unspecified atom stereocenters. The zero-order chi connectivity index (χ0) is 18.9. The fourth-order valence-electron chi connectivity index (χ4n) is 2.92. The Hall–Kier alpha value is -2.32. The van der Waals surface area contributed by atoms with Gasteiger partial charge in [-0.2, -0.15) is 0 Å². The zero-order valence-electron chi connectivity index (χ0n) is 15.7. The van der Waals surface area contributed by atoms with Crippen molar-refractivity contribution in [2.75, 3.05) is 53.5 Å². The van der Waals surface area contributed by atoms with Gasteiger partial charge >= 0.3 is 6.03 Å². The molecule has 144 valence electrons. The predicted octanol–water partition coefficient (Wildman–Crippen LogP) is 0.667. The lowest BCUT2D eigenvalue weighted by molar-refractivity contribution is -0.121. The number of urea groups is 1. The van der Waals surface area contributed by atoms with E-state index in [9.17, 15) is 9.59 Å². The van der Waals surface area contributed by atoms with Crippen LogP contribution in [0.2, 0.25) is 0 Å². The van der Waals surface area contributed by atoms with Crippen molar-refractivity contribution in [2.45, 2.75) is 13.5 Å².